The maximum atomic E-state index is 6.43. The second kappa shape index (κ2) is 11.2. The van der Waals surface area contributed by atoms with Gasteiger partial charge in [0.25, 0.3) is 0 Å². The van der Waals surface area contributed by atoms with E-state index in [0.717, 1.165) is 38.2 Å². The molecular formula is C15H23Cl5N2. The first-order valence-electron chi connectivity index (χ1n) is 7.22. The second-order valence-electron chi connectivity index (χ2n) is 5.23. The molecule has 1 aliphatic heterocycles. The number of nitrogens with one attached hydrogen (secondary N) is 1. The van der Waals surface area contributed by atoms with E-state index in [-0.39, 0.29) is 24.8 Å². The number of unbranched alkanes of at least 4 members (excludes halogenated alkanes) is 1. The normalized spacial score (nSPS) is 16.5. The highest BCUT2D eigenvalue weighted by Gasteiger charge is 2.24. The third-order valence-corrected chi connectivity index (χ3v) is 4.84. The molecule has 2 rings (SSSR count). The molecule has 0 bridgehead atoms. The minimum atomic E-state index is 0. The van der Waals surface area contributed by atoms with Crippen molar-refractivity contribution in [3.05, 3.63) is 32.8 Å². The average molecular weight is 409 g/mol. The molecule has 1 aromatic rings. The number of hydrogen-bond donors (Lipinski definition) is 1. The van der Waals surface area contributed by atoms with Crippen LogP contribution in [0.3, 0.4) is 0 Å². The van der Waals surface area contributed by atoms with Gasteiger partial charge in [0.2, 0.25) is 0 Å². The highest BCUT2D eigenvalue weighted by Crippen LogP contribution is 2.38. The van der Waals surface area contributed by atoms with Crippen LogP contribution in [0.5, 0.6) is 0 Å². The van der Waals surface area contributed by atoms with Gasteiger partial charge in [0.1, 0.15) is 0 Å². The van der Waals surface area contributed by atoms with Gasteiger partial charge in [-0.15, -0.1) is 24.8 Å². The van der Waals surface area contributed by atoms with E-state index in [1.807, 2.05) is 6.07 Å². The fourth-order valence-corrected chi connectivity index (χ4v) is 3.49. The van der Waals surface area contributed by atoms with Gasteiger partial charge in [-0.3, -0.25) is 4.90 Å². The fraction of sp³-hybridized carbons (Fsp3) is 0.600. The summed E-state index contributed by atoms with van der Waals surface area (Å²) in [7, 11) is 0. The van der Waals surface area contributed by atoms with Crippen molar-refractivity contribution < 1.29 is 0 Å². The summed E-state index contributed by atoms with van der Waals surface area (Å²) in [5.41, 5.74) is 1.07. The molecule has 0 amide bonds. The van der Waals surface area contributed by atoms with Crippen LogP contribution in [0.15, 0.2) is 12.1 Å². The van der Waals surface area contributed by atoms with Crippen LogP contribution < -0.4 is 5.32 Å². The van der Waals surface area contributed by atoms with Crippen LogP contribution in [0, 0.1) is 0 Å². The van der Waals surface area contributed by atoms with Crippen molar-refractivity contribution in [3.63, 3.8) is 0 Å². The summed E-state index contributed by atoms with van der Waals surface area (Å²) < 4.78 is 0. The van der Waals surface area contributed by atoms with Gasteiger partial charge in [0, 0.05) is 37.2 Å². The van der Waals surface area contributed by atoms with Crippen molar-refractivity contribution in [1.29, 1.82) is 0 Å². The molecule has 0 aromatic heterocycles. The van der Waals surface area contributed by atoms with E-state index in [4.69, 9.17) is 34.8 Å². The first-order chi connectivity index (χ1) is 9.63. The number of benzene rings is 1. The summed E-state index contributed by atoms with van der Waals surface area (Å²) in [6, 6.07) is 3.99. The van der Waals surface area contributed by atoms with Crippen molar-refractivity contribution in [3.8, 4) is 0 Å². The van der Waals surface area contributed by atoms with E-state index in [9.17, 15) is 0 Å². The lowest BCUT2D eigenvalue weighted by molar-refractivity contribution is 0.163. The van der Waals surface area contributed by atoms with Crippen LogP contribution in [0.25, 0.3) is 0 Å². The molecule has 7 heteroatoms. The van der Waals surface area contributed by atoms with Crippen LogP contribution >= 0.6 is 59.6 Å². The highest BCUT2D eigenvalue weighted by atomic mass is 35.5. The van der Waals surface area contributed by atoms with E-state index < -0.39 is 0 Å². The third-order valence-electron chi connectivity index (χ3n) is 3.80. The Balaban J connectivity index is 0.00000220. The molecule has 0 aliphatic carbocycles. The van der Waals surface area contributed by atoms with E-state index in [1.54, 1.807) is 6.07 Å². The summed E-state index contributed by atoms with van der Waals surface area (Å²) in [5.74, 6) is 0. The maximum Gasteiger partial charge on any atom is 0.0641 e. The predicted molar refractivity (Wildman–Crippen MR) is 103 cm³/mol. The molecule has 22 heavy (non-hydrogen) atoms. The molecule has 1 atom stereocenters. The summed E-state index contributed by atoms with van der Waals surface area (Å²) >= 11 is 18.8. The molecule has 1 saturated heterocycles. The minimum Gasteiger partial charge on any atom is -0.314 e. The number of hydrogen-bond acceptors (Lipinski definition) is 2. The van der Waals surface area contributed by atoms with Gasteiger partial charge in [-0.05, 0) is 24.1 Å². The number of halogens is 5. The van der Waals surface area contributed by atoms with Crippen molar-refractivity contribution >= 4 is 59.6 Å². The standard InChI is InChI=1S/C15H21Cl3N2.2ClH/c1-2-3-4-14(20-7-5-19-6-8-20)12-9-11(16)10-13(17)15(12)18;;/h9-10,14,19H,2-8H2,1H3;2*1H/t14-;;/m1../s1. The topological polar surface area (TPSA) is 15.3 Å². The molecule has 0 spiro atoms. The maximum absolute atomic E-state index is 6.43. The largest absolute Gasteiger partial charge is 0.314 e. The smallest absolute Gasteiger partial charge is 0.0641 e. The van der Waals surface area contributed by atoms with Crippen LogP contribution in [-0.4, -0.2) is 31.1 Å². The quantitative estimate of drug-likeness (QED) is 0.636. The zero-order chi connectivity index (χ0) is 14.5. The number of piperazine rings is 1. The zero-order valence-corrected chi connectivity index (χ0v) is 16.5. The second-order valence-corrected chi connectivity index (χ2v) is 6.46. The predicted octanol–water partition coefficient (Wildman–Crippen LogP) is 5.63. The van der Waals surface area contributed by atoms with Crippen molar-refractivity contribution in [2.24, 2.45) is 0 Å². The lowest BCUT2D eigenvalue weighted by Crippen LogP contribution is -2.45. The molecule has 1 aliphatic rings. The van der Waals surface area contributed by atoms with Gasteiger partial charge in [-0.25, -0.2) is 0 Å². The number of rotatable bonds is 5. The molecule has 0 unspecified atom stereocenters. The Bertz CT molecular complexity index is 450. The molecule has 1 aromatic carbocycles. The Labute approximate surface area is 160 Å². The molecule has 128 valence electrons. The Kier molecular flexibility index (Phi) is 11.5. The van der Waals surface area contributed by atoms with E-state index in [1.165, 1.54) is 12.8 Å². The third kappa shape index (κ3) is 5.90. The highest BCUT2D eigenvalue weighted by molar-refractivity contribution is 6.43. The number of nitrogens with zero attached hydrogens (tertiary/aromatic N) is 1. The molecule has 1 N–H and O–H groups in total. The van der Waals surface area contributed by atoms with Crippen LogP contribution in [-0.2, 0) is 0 Å². The Morgan fingerprint density at radius 2 is 1.77 bits per heavy atom. The van der Waals surface area contributed by atoms with Crippen LogP contribution in [0.1, 0.15) is 37.8 Å². The summed E-state index contributed by atoms with van der Waals surface area (Å²) in [6.07, 6.45) is 3.44. The van der Waals surface area contributed by atoms with Crippen molar-refractivity contribution in [1.82, 2.24) is 10.2 Å². The first-order valence-corrected chi connectivity index (χ1v) is 8.36. The zero-order valence-electron chi connectivity index (χ0n) is 12.6. The monoisotopic (exact) mass is 406 g/mol. The van der Waals surface area contributed by atoms with Gasteiger partial charge in [-0.1, -0.05) is 54.6 Å². The Hall–Kier alpha value is 0.590. The van der Waals surface area contributed by atoms with Gasteiger partial charge in [-0.2, -0.15) is 0 Å². The van der Waals surface area contributed by atoms with Gasteiger partial charge >= 0.3 is 0 Å². The van der Waals surface area contributed by atoms with Crippen molar-refractivity contribution in [2.45, 2.75) is 32.2 Å². The molecule has 1 fully saturated rings. The van der Waals surface area contributed by atoms with Gasteiger partial charge in [0.05, 0.1) is 10.0 Å². The lowest BCUT2D eigenvalue weighted by Gasteiger charge is -2.36. The molecular weight excluding hydrogens is 385 g/mol. The first kappa shape index (κ1) is 22.6. The van der Waals surface area contributed by atoms with Crippen LogP contribution in [0.2, 0.25) is 15.1 Å². The minimum absolute atomic E-state index is 0. The Morgan fingerprint density at radius 1 is 1.14 bits per heavy atom. The van der Waals surface area contributed by atoms with Gasteiger partial charge < -0.3 is 5.32 Å². The summed E-state index contributed by atoms with van der Waals surface area (Å²) in [4.78, 5) is 2.49. The SMILES string of the molecule is CCCC[C@H](c1cc(Cl)cc(Cl)c1Cl)N1CCNCC1.Cl.Cl. The lowest BCUT2D eigenvalue weighted by atomic mass is 9.98. The molecule has 0 radical (unpaired) electrons. The Morgan fingerprint density at radius 3 is 2.36 bits per heavy atom. The van der Waals surface area contributed by atoms with E-state index in [2.05, 4.69) is 17.1 Å². The van der Waals surface area contributed by atoms with Gasteiger partial charge in [0.15, 0.2) is 0 Å². The molecule has 2 nitrogen and oxygen atoms in total. The fourth-order valence-electron chi connectivity index (χ4n) is 2.74. The van der Waals surface area contributed by atoms with Crippen molar-refractivity contribution in [2.75, 3.05) is 26.2 Å². The van der Waals surface area contributed by atoms with E-state index in [0.29, 0.717) is 21.1 Å². The molecule has 1 heterocycles. The summed E-state index contributed by atoms with van der Waals surface area (Å²) in [6.45, 7) is 6.33. The van der Waals surface area contributed by atoms with E-state index >= 15 is 0 Å². The average Bonchev–Trinajstić information content (AvgIpc) is 2.45. The molecule has 0 saturated carbocycles. The summed E-state index contributed by atoms with van der Waals surface area (Å²) in [5, 5.41) is 5.24. The van der Waals surface area contributed by atoms with Crippen LogP contribution in [0.4, 0.5) is 0 Å².